The number of esters is 1. The molecule has 0 unspecified atom stereocenters. The van der Waals surface area contributed by atoms with Gasteiger partial charge in [-0.1, -0.05) is 54.6 Å². The average Bonchev–Trinajstić information content (AvgIpc) is 3.34. The van der Waals surface area contributed by atoms with Gasteiger partial charge in [-0.2, -0.15) is 0 Å². The second-order valence-electron chi connectivity index (χ2n) is 9.47. The standard InChI is InChI=1S/C31H25F2NO4/c32-23-10-6-21(7-11-23)27-18-28-29(31(35)37-27)30(34(38-28)25-14-12-24(33)13-15-25)22-8-16-26(17-9-22)36-19-20-4-2-1-3-5-20/h1-17,27-30H,18-19H2/t27-,28+,29-,30+/m1/s1. The van der Waals surface area contributed by atoms with Crippen molar-refractivity contribution in [1.29, 1.82) is 0 Å². The molecule has 7 heteroatoms. The molecule has 2 aliphatic heterocycles. The zero-order valence-electron chi connectivity index (χ0n) is 20.4. The second kappa shape index (κ2) is 10.3. The number of anilines is 1. The summed E-state index contributed by atoms with van der Waals surface area (Å²) in [7, 11) is 0. The molecule has 0 spiro atoms. The van der Waals surface area contributed by atoms with Crippen LogP contribution in [-0.4, -0.2) is 12.1 Å². The summed E-state index contributed by atoms with van der Waals surface area (Å²) in [5, 5.41) is 1.67. The molecule has 192 valence electrons. The normalized spacial score (nSPS) is 22.6. The molecule has 0 aromatic heterocycles. The van der Waals surface area contributed by atoms with Gasteiger partial charge in [0.2, 0.25) is 0 Å². The van der Waals surface area contributed by atoms with Crippen LogP contribution in [0.1, 0.15) is 35.3 Å². The van der Waals surface area contributed by atoms with Crippen molar-refractivity contribution < 1.29 is 27.9 Å². The van der Waals surface area contributed by atoms with E-state index >= 15 is 0 Å². The van der Waals surface area contributed by atoms with Crippen molar-refractivity contribution in [3.63, 3.8) is 0 Å². The summed E-state index contributed by atoms with van der Waals surface area (Å²) in [6.45, 7) is 0.441. The van der Waals surface area contributed by atoms with E-state index in [1.165, 1.54) is 24.3 Å². The Morgan fingerprint density at radius 2 is 1.42 bits per heavy atom. The van der Waals surface area contributed by atoms with Crippen LogP contribution < -0.4 is 9.80 Å². The van der Waals surface area contributed by atoms with Gasteiger partial charge >= 0.3 is 5.97 Å². The van der Waals surface area contributed by atoms with E-state index in [1.807, 2.05) is 54.6 Å². The highest BCUT2D eigenvalue weighted by molar-refractivity contribution is 5.77. The highest BCUT2D eigenvalue weighted by Gasteiger charge is 2.53. The lowest BCUT2D eigenvalue weighted by Crippen LogP contribution is -2.37. The number of cyclic esters (lactones) is 1. The number of rotatable bonds is 6. The molecule has 5 nitrogen and oxygen atoms in total. The minimum absolute atomic E-state index is 0.357. The van der Waals surface area contributed by atoms with Gasteiger partial charge in [0.25, 0.3) is 0 Å². The maximum Gasteiger partial charge on any atom is 0.314 e. The van der Waals surface area contributed by atoms with Crippen LogP contribution in [0.15, 0.2) is 103 Å². The zero-order chi connectivity index (χ0) is 26.1. The van der Waals surface area contributed by atoms with E-state index in [1.54, 1.807) is 29.3 Å². The lowest BCUT2D eigenvalue weighted by molar-refractivity contribution is -0.167. The number of benzene rings is 4. The van der Waals surface area contributed by atoms with Gasteiger partial charge in [-0.3, -0.25) is 9.63 Å². The molecule has 0 bridgehead atoms. The van der Waals surface area contributed by atoms with Gasteiger partial charge in [0.1, 0.15) is 42.1 Å². The van der Waals surface area contributed by atoms with Crippen LogP contribution in [0.5, 0.6) is 5.75 Å². The Labute approximate surface area is 219 Å². The fourth-order valence-electron chi connectivity index (χ4n) is 5.11. The first-order valence-corrected chi connectivity index (χ1v) is 12.5. The van der Waals surface area contributed by atoms with Crippen molar-refractivity contribution in [3.8, 4) is 5.75 Å². The lowest BCUT2D eigenvalue weighted by Gasteiger charge is -2.31. The third-order valence-corrected chi connectivity index (χ3v) is 7.01. The molecule has 4 atom stereocenters. The van der Waals surface area contributed by atoms with Gasteiger partial charge in [0, 0.05) is 6.42 Å². The molecule has 0 saturated carbocycles. The number of ether oxygens (including phenoxy) is 2. The summed E-state index contributed by atoms with van der Waals surface area (Å²) in [5.41, 5.74) is 3.23. The van der Waals surface area contributed by atoms with Gasteiger partial charge in [-0.25, -0.2) is 13.8 Å². The van der Waals surface area contributed by atoms with Gasteiger partial charge in [-0.15, -0.1) is 0 Å². The zero-order valence-corrected chi connectivity index (χ0v) is 20.4. The Bertz CT molecular complexity index is 1400. The van der Waals surface area contributed by atoms with Crippen LogP contribution in [0.2, 0.25) is 0 Å². The fourth-order valence-corrected chi connectivity index (χ4v) is 5.11. The molecule has 38 heavy (non-hydrogen) atoms. The van der Waals surface area contributed by atoms with Crippen molar-refractivity contribution in [2.45, 2.75) is 31.3 Å². The minimum atomic E-state index is -0.604. The van der Waals surface area contributed by atoms with Crippen LogP contribution >= 0.6 is 0 Å². The first-order valence-electron chi connectivity index (χ1n) is 12.5. The number of hydroxylamine groups is 1. The van der Waals surface area contributed by atoms with Crippen LogP contribution in [0.4, 0.5) is 14.5 Å². The number of carbonyl (C=O) groups is 1. The number of fused-ring (bicyclic) bond motifs is 1. The highest BCUT2D eigenvalue weighted by atomic mass is 19.1. The molecule has 6 rings (SSSR count). The molecule has 0 radical (unpaired) electrons. The van der Waals surface area contributed by atoms with E-state index in [-0.39, 0.29) is 11.6 Å². The first-order chi connectivity index (χ1) is 18.5. The number of halogens is 2. The molecule has 0 aliphatic carbocycles. The van der Waals surface area contributed by atoms with Crippen LogP contribution in [-0.2, 0) is 21.0 Å². The maximum absolute atomic E-state index is 13.7. The monoisotopic (exact) mass is 513 g/mol. The predicted molar refractivity (Wildman–Crippen MR) is 137 cm³/mol. The van der Waals surface area contributed by atoms with Gasteiger partial charge in [0.05, 0.1) is 11.7 Å². The fraction of sp³-hybridized carbons (Fsp3) is 0.194. The molecule has 4 aromatic rings. The van der Waals surface area contributed by atoms with E-state index in [2.05, 4.69) is 0 Å². The van der Waals surface area contributed by atoms with Crippen molar-refractivity contribution in [3.05, 3.63) is 131 Å². The number of nitrogens with zero attached hydrogens (tertiary/aromatic N) is 1. The number of hydrogen-bond acceptors (Lipinski definition) is 5. The largest absolute Gasteiger partial charge is 0.489 e. The molecule has 4 aromatic carbocycles. The summed E-state index contributed by atoms with van der Waals surface area (Å²) >= 11 is 0. The summed E-state index contributed by atoms with van der Waals surface area (Å²) in [6.07, 6.45) is -0.614. The topological polar surface area (TPSA) is 48.0 Å². The molecular formula is C31H25F2NO4. The Kier molecular flexibility index (Phi) is 6.52. The number of carbonyl (C=O) groups excluding carboxylic acids is 1. The average molecular weight is 514 g/mol. The third-order valence-electron chi connectivity index (χ3n) is 7.01. The van der Waals surface area contributed by atoms with Gasteiger partial charge in [0.15, 0.2) is 0 Å². The molecular weight excluding hydrogens is 488 g/mol. The maximum atomic E-state index is 13.7. The van der Waals surface area contributed by atoms with Crippen molar-refractivity contribution >= 4 is 11.7 Å². The Morgan fingerprint density at radius 1 is 0.789 bits per heavy atom. The molecule has 0 amide bonds. The molecule has 2 saturated heterocycles. The summed E-state index contributed by atoms with van der Waals surface area (Å²) in [6, 6.07) is 28.8. The molecule has 2 heterocycles. The summed E-state index contributed by atoms with van der Waals surface area (Å²) in [5.74, 6) is -1.02. The first kappa shape index (κ1) is 24.1. The van der Waals surface area contributed by atoms with Gasteiger partial charge in [-0.05, 0) is 65.2 Å². The van der Waals surface area contributed by atoms with Gasteiger partial charge < -0.3 is 9.47 Å². The minimum Gasteiger partial charge on any atom is -0.489 e. The second-order valence-corrected chi connectivity index (χ2v) is 9.47. The molecule has 2 fully saturated rings. The summed E-state index contributed by atoms with van der Waals surface area (Å²) < 4.78 is 38.9. The van der Waals surface area contributed by atoms with Crippen molar-refractivity contribution in [1.82, 2.24) is 0 Å². The molecule has 0 N–H and O–H groups in total. The van der Waals surface area contributed by atoms with Crippen LogP contribution in [0.3, 0.4) is 0 Å². The van der Waals surface area contributed by atoms with E-state index in [0.717, 1.165) is 11.1 Å². The summed E-state index contributed by atoms with van der Waals surface area (Å²) in [4.78, 5) is 19.7. The van der Waals surface area contributed by atoms with Crippen LogP contribution in [0, 0.1) is 17.6 Å². The van der Waals surface area contributed by atoms with Crippen molar-refractivity contribution in [2.24, 2.45) is 5.92 Å². The quantitative estimate of drug-likeness (QED) is 0.268. The lowest BCUT2D eigenvalue weighted by atomic mass is 9.84. The van der Waals surface area contributed by atoms with Crippen LogP contribution in [0.25, 0.3) is 0 Å². The Hall–Kier alpha value is -4.23. The SMILES string of the molecule is O=C1O[C@@H](c2ccc(F)cc2)C[C@@H]2ON(c3ccc(F)cc3)[C@@H](c3ccc(OCc4ccccc4)cc3)[C@H]12. The molecule has 2 aliphatic rings. The predicted octanol–water partition coefficient (Wildman–Crippen LogP) is 6.71. The Balaban J connectivity index is 1.27. The van der Waals surface area contributed by atoms with E-state index in [0.29, 0.717) is 30.0 Å². The number of hydrogen-bond donors (Lipinski definition) is 0. The van der Waals surface area contributed by atoms with E-state index in [9.17, 15) is 13.6 Å². The smallest absolute Gasteiger partial charge is 0.314 e. The van der Waals surface area contributed by atoms with Crippen molar-refractivity contribution in [2.75, 3.05) is 5.06 Å². The Morgan fingerprint density at radius 3 is 2.11 bits per heavy atom. The third kappa shape index (κ3) is 4.85. The highest BCUT2D eigenvalue weighted by Crippen LogP contribution is 2.49. The van der Waals surface area contributed by atoms with E-state index in [4.69, 9.17) is 14.3 Å². The van der Waals surface area contributed by atoms with E-state index < -0.39 is 30.1 Å².